The summed E-state index contributed by atoms with van der Waals surface area (Å²) in [7, 11) is -24.4. The number of amides is 2. The minimum Gasteiger partial charge on any atom is -0.351 e. The first-order valence-electron chi connectivity index (χ1n) is 15.2. The number of anilines is 5. The van der Waals surface area contributed by atoms with Crippen molar-refractivity contribution in [2.45, 2.75) is 19.6 Å². The second kappa shape index (κ2) is 16.6. The molecule has 1 heterocycles. The summed E-state index contributed by atoms with van der Waals surface area (Å²) in [5, 5.41) is 14.1. The van der Waals surface area contributed by atoms with Crippen LogP contribution in [-0.4, -0.2) is 93.6 Å². The quantitative estimate of drug-likeness (QED) is 0.0550. The number of benzene rings is 4. The summed E-state index contributed by atoms with van der Waals surface area (Å²) in [6.45, 7) is -0.828. The lowest BCUT2D eigenvalue weighted by Crippen LogP contribution is -2.19. The fourth-order valence-corrected chi connectivity index (χ4v) is 8.48. The number of hydrogen-bond donors (Lipinski definition) is 8. The number of nitrogens with two attached hydrogens (primary N) is 1. The first-order chi connectivity index (χ1) is 27.2. The van der Waals surface area contributed by atoms with Gasteiger partial charge in [0.1, 0.15) is 21.2 Å². The standard InChI is InChI=1S/C28H24ClN9O16S5/c29-25-34-27(31-15-1-4-17(5-2-15)55(40,41)8-7-54-59(51,52)53)36-28(35-25)32-16-3-6-20(21(11-16)33-26(30)39)37-38-22-13-19-14(10-24(22)58(48,49)50)9-18(56(42,43)44)12-23(19)57(45,46)47/h1-6,9-13H,7-8H2,(H3,30,33,39)(H,42,43,44)(H,45,46,47)(H,48,49,50)(H,51,52,53)(H2,31,32,34,35,36)/b38-37+. The molecule has 59 heavy (non-hydrogen) atoms. The van der Waals surface area contributed by atoms with Crippen LogP contribution in [0.15, 0.2) is 96.5 Å². The van der Waals surface area contributed by atoms with E-state index in [4.69, 9.17) is 21.9 Å². The molecule has 4 aromatic carbocycles. The summed E-state index contributed by atoms with van der Waals surface area (Å²) in [6.07, 6.45) is 0. The number of urea groups is 1. The zero-order valence-corrected chi connectivity index (χ0v) is 33.5. The third-order valence-corrected chi connectivity index (χ3v) is 12.2. The van der Waals surface area contributed by atoms with Gasteiger partial charge in [-0.05, 0) is 83.7 Å². The van der Waals surface area contributed by atoms with E-state index in [9.17, 15) is 60.5 Å². The minimum atomic E-state index is -5.23. The third-order valence-electron chi connectivity index (χ3n) is 7.26. The van der Waals surface area contributed by atoms with Gasteiger partial charge in [0.05, 0.1) is 27.8 Å². The summed E-state index contributed by atoms with van der Waals surface area (Å²) in [4.78, 5) is 20.6. The maximum Gasteiger partial charge on any atom is 0.397 e. The molecule has 2 amide bonds. The van der Waals surface area contributed by atoms with Crippen LogP contribution >= 0.6 is 11.6 Å². The van der Waals surface area contributed by atoms with Crippen LogP contribution in [0, 0.1) is 0 Å². The van der Waals surface area contributed by atoms with E-state index in [0.29, 0.717) is 18.2 Å². The zero-order chi connectivity index (χ0) is 43.7. The lowest BCUT2D eigenvalue weighted by Gasteiger charge is -2.12. The Bertz CT molecular complexity index is 3120. The average Bonchev–Trinajstić information content (AvgIpc) is 3.08. The van der Waals surface area contributed by atoms with Crippen LogP contribution in [0.4, 0.5) is 45.1 Å². The first-order valence-corrected chi connectivity index (χ1v) is 23.0. The molecule has 0 radical (unpaired) electrons. The number of hydrogen-bond acceptors (Lipinski definition) is 19. The van der Waals surface area contributed by atoms with Crippen LogP contribution < -0.4 is 21.7 Å². The number of sulfone groups is 1. The van der Waals surface area contributed by atoms with Gasteiger partial charge in [-0.15, -0.1) is 10.2 Å². The predicted octanol–water partition coefficient (Wildman–Crippen LogP) is 3.40. The molecule has 25 nitrogen and oxygen atoms in total. The summed E-state index contributed by atoms with van der Waals surface area (Å²) in [6, 6.07) is 10.0. The molecule has 0 spiro atoms. The fourth-order valence-electron chi connectivity index (χ4n) is 4.84. The van der Waals surface area contributed by atoms with Crippen LogP contribution in [0.25, 0.3) is 10.8 Å². The average molecular weight is 938 g/mol. The Morgan fingerprint density at radius 1 is 0.678 bits per heavy atom. The molecule has 314 valence electrons. The molecule has 5 rings (SSSR count). The first kappa shape index (κ1) is 44.6. The van der Waals surface area contributed by atoms with Gasteiger partial charge >= 0.3 is 16.4 Å². The van der Waals surface area contributed by atoms with Crippen molar-refractivity contribution in [3.63, 3.8) is 0 Å². The van der Waals surface area contributed by atoms with E-state index in [0.717, 1.165) is 6.07 Å². The van der Waals surface area contributed by atoms with E-state index in [1.165, 1.54) is 42.5 Å². The Labute approximate surface area is 337 Å². The molecular weight excluding hydrogens is 914 g/mol. The SMILES string of the molecule is NC(=O)Nc1cc(Nc2nc(Cl)nc(Nc3ccc(S(=O)(=O)CCOS(=O)(=O)O)cc3)n2)ccc1/N=N/c1cc2c(S(=O)(=O)O)cc(S(=O)(=O)O)cc2cc1S(=O)(=O)O. The summed E-state index contributed by atoms with van der Waals surface area (Å²) < 4.78 is 161. The number of carbonyl (C=O) groups is 1. The smallest absolute Gasteiger partial charge is 0.351 e. The number of fused-ring (bicyclic) bond motifs is 1. The molecule has 0 fully saturated rings. The number of primary amides is 1. The molecule has 0 bridgehead atoms. The lowest BCUT2D eigenvalue weighted by atomic mass is 10.1. The highest BCUT2D eigenvalue weighted by Crippen LogP contribution is 2.37. The normalized spacial score (nSPS) is 12.8. The molecule has 1 aromatic heterocycles. The van der Waals surface area contributed by atoms with Crippen molar-refractivity contribution in [2.75, 3.05) is 28.3 Å². The molecular formula is C28H24ClN9O16S5. The Kier molecular flexibility index (Phi) is 12.5. The van der Waals surface area contributed by atoms with Crippen molar-refractivity contribution >= 4 is 119 Å². The van der Waals surface area contributed by atoms with Crippen molar-refractivity contribution < 1.29 is 69.3 Å². The van der Waals surface area contributed by atoms with Crippen LogP contribution in [0.1, 0.15) is 0 Å². The molecule has 0 unspecified atom stereocenters. The Morgan fingerprint density at radius 2 is 1.25 bits per heavy atom. The summed E-state index contributed by atoms with van der Waals surface area (Å²) >= 11 is 6.08. The second-order valence-corrected chi connectivity index (χ2v) is 19.1. The van der Waals surface area contributed by atoms with Crippen LogP contribution in [0.3, 0.4) is 0 Å². The van der Waals surface area contributed by atoms with E-state index in [-0.39, 0.29) is 44.8 Å². The van der Waals surface area contributed by atoms with Gasteiger partial charge in [-0.1, -0.05) is 0 Å². The maximum absolute atomic E-state index is 12.5. The number of carbonyl (C=O) groups excluding carboxylic acids is 1. The second-order valence-electron chi connectivity index (χ2n) is 11.4. The molecule has 0 saturated carbocycles. The molecule has 5 aromatic rings. The minimum absolute atomic E-state index is 0.130. The number of nitrogens with one attached hydrogen (secondary N) is 3. The lowest BCUT2D eigenvalue weighted by molar-refractivity contribution is 0.259. The number of halogens is 1. The van der Waals surface area contributed by atoms with Crippen LogP contribution in [0.2, 0.25) is 5.28 Å². The highest BCUT2D eigenvalue weighted by Gasteiger charge is 2.25. The zero-order valence-electron chi connectivity index (χ0n) is 28.7. The van der Waals surface area contributed by atoms with E-state index in [1.807, 2.05) is 0 Å². The molecule has 0 aliphatic rings. The molecule has 0 saturated heterocycles. The van der Waals surface area contributed by atoms with Gasteiger partial charge in [0, 0.05) is 16.8 Å². The van der Waals surface area contributed by atoms with E-state index in [1.54, 1.807) is 0 Å². The summed E-state index contributed by atoms with van der Waals surface area (Å²) in [5.41, 5.74) is 4.55. The van der Waals surface area contributed by atoms with E-state index >= 15 is 0 Å². The van der Waals surface area contributed by atoms with Crippen LogP contribution in [-0.2, 0) is 54.8 Å². The van der Waals surface area contributed by atoms with Crippen molar-refractivity contribution in [1.82, 2.24) is 15.0 Å². The van der Waals surface area contributed by atoms with Gasteiger partial charge in [-0.2, -0.15) is 48.6 Å². The highest BCUT2D eigenvalue weighted by molar-refractivity contribution is 7.91. The van der Waals surface area contributed by atoms with Crippen LogP contribution in [0.5, 0.6) is 0 Å². The van der Waals surface area contributed by atoms with Gasteiger partial charge in [0.15, 0.2) is 9.84 Å². The maximum atomic E-state index is 12.5. The van der Waals surface area contributed by atoms with Crippen molar-refractivity contribution in [2.24, 2.45) is 16.0 Å². The van der Waals surface area contributed by atoms with Crippen molar-refractivity contribution in [3.8, 4) is 0 Å². The van der Waals surface area contributed by atoms with Gasteiger partial charge in [0.25, 0.3) is 30.4 Å². The van der Waals surface area contributed by atoms with Crippen molar-refractivity contribution in [3.05, 3.63) is 72.0 Å². The molecule has 31 heteroatoms. The van der Waals surface area contributed by atoms with Gasteiger partial charge in [-0.25, -0.2) is 17.4 Å². The van der Waals surface area contributed by atoms with Gasteiger partial charge in [-0.3, -0.25) is 18.2 Å². The van der Waals surface area contributed by atoms with Gasteiger partial charge < -0.3 is 21.7 Å². The number of nitrogens with zero attached hydrogens (tertiary/aromatic N) is 5. The number of azo groups is 1. The van der Waals surface area contributed by atoms with E-state index in [2.05, 4.69) is 45.3 Å². The Morgan fingerprint density at radius 3 is 1.81 bits per heavy atom. The fraction of sp³-hybridized carbons (Fsp3) is 0.0714. The molecule has 9 N–H and O–H groups in total. The number of rotatable bonds is 15. The summed E-state index contributed by atoms with van der Waals surface area (Å²) in [5.74, 6) is -1.10. The third kappa shape index (κ3) is 11.8. The highest BCUT2D eigenvalue weighted by atomic mass is 35.5. The van der Waals surface area contributed by atoms with E-state index < -0.39 is 100 Å². The Hall–Kier alpha value is -5.54. The molecule has 0 atom stereocenters. The topological polar surface area (TPSA) is 403 Å². The largest absolute Gasteiger partial charge is 0.397 e. The predicted molar refractivity (Wildman–Crippen MR) is 205 cm³/mol. The Balaban J connectivity index is 1.44. The van der Waals surface area contributed by atoms with Crippen molar-refractivity contribution in [1.29, 1.82) is 0 Å². The monoisotopic (exact) mass is 937 g/mol. The van der Waals surface area contributed by atoms with Gasteiger partial charge in [0.2, 0.25) is 17.2 Å². The molecule has 0 aliphatic heterocycles. The molecule has 0 aliphatic carbocycles. The number of aromatic nitrogens is 3.